The largest absolute Gasteiger partial charge is 0.480 e. The number of anilines is 1. The van der Waals surface area contributed by atoms with Crippen molar-refractivity contribution in [1.82, 2.24) is 9.88 Å². The number of carbonyl (C=O) groups is 3. The molecule has 0 aliphatic heterocycles. The number of carboxylic acid groups (broad SMARTS) is 1. The molecule has 0 spiro atoms. The summed E-state index contributed by atoms with van der Waals surface area (Å²) in [6.45, 7) is 3.34. The highest BCUT2D eigenvalue weighted by molar-refractivity contribution is 7.17. The van der Waals surface area contributed by atoms with Gasteiger partial charge in [-0.1, -0.05) is 59.9 Å². The fraction of sp³-hybridized carbons (Fsp3) is 0.308. The maximum Gasteiger partial charge on any atom is 0.413 e. The summed E-state index contributed by atoms with van der Waals surface area (Å²) in [5, 5.41) is 12.3. The lowest BCUT2D eigenvalue weighted by molar-refractivity contribution is -0.141. The van der Waals surface area contributed by atoms with Gasteiger partial charge in [0.1, 0.15) is 17.5 Å². The molecule has 2 amide bonds. The number of hydrogen-bond acceptors (Lipinski definition) is 6. The van der Waals surface area contributed by atoms with Crippen molar-refractivity contribution in [2.45, 2.75) is 44.7 Å². The predicted octanol–water partition coefficient (Wildman–Crippen LogP) is 4.89. The normalized spacial score (nSPS) is 15.1. The Bertz CT molecular complexity index is 1270. The monoisotopic (exact) mass is 491 g/mol. The molecule has 180 valence electrons. The summed E-state index contributed by atoms with van der Waals surface area (Å²) in [5.41, 5.74) is 4.97. The van der Waals surface area contributed by atoms with Gasteiger partial charge in [0.15, 0.2) is 5.13 Å². The van der Waals surface area contributed by atoms with Crippen molar-refractivity contribution in [2.24, 2.45) is 0 Å². The number of nitrogens with one attached hydrogen (secondary N) is 1. The smallest absolute Gasteiger partial charge is 0.413 e. The van der Waals surface area contributed by atoms with Crippen LogP contribution in [0.3, 0.4) is 0 Å². The molecule has 0 saturated heterocycles. The number of ether oxygens (including phenoxy) is 1. The summed E-state index contributed by atoms with van der Waals surface area (Å²) in [5.74, 6) is -1.49. The van der Waals surface area contributed by atoms with E-state index in [0.29, 0.717) is 10.6 Å². The first-order valence-corrected chi connectivity index (χ1v) is 12.3. The second-order valence-corrected chi connectivity index (χ2v) is 9.84. The van der Waals surface area contributed by atoms with Gasteiger partial charge in [-0.3, -0.25) is 10.1 Å². The summed E-state index contributed by atoms with van der Waals surface area (Å²) in [7, 11) is 0. The Morgan fingerprint density at radius 2 is 1.71 bits per heavy atom. The molecule has 0 bridgehead atoms. The van der Waals surface area contributed by atoms with E-state index >= 15 is 0 Å². The van der Waals surface area contributed by atoms with Crippen LogP contribution in [0.15, 0.2) is 48.5 Å². The van der Waals surface area contributed by atoms with Crippen molar-refractivity contribution in [3.63, 3.8) is 0 Å². The molecule has 2 aromatic carbocycles. The van der Waals surface area contributed by atoms with Gasteiger partial charge in [-0.05, 0) is 48.9 Å². The first kappa shape index (κ1) is 23.0. The Morgan fingerprint density at radius 1 is 1.11 bits per heavy atom. The fourth-order valence-electron chi connectivity index (χ4n) is 4.62. The lowest BCUT2D eigenvalue weighted by Gasteiger charge is -2.26. The molecule has 8 nitrogen and oxygen atoms in total. The van der Waals surface area contributed by atoms with Gasteiger partial charge >= 0.3 is 12.1 Å². The van der Waals surface area contributed by atoms with Gasteiger partial charge in [0.2, 0.25) is 0 Å². The maximum absolute atomic E-state index is 13.1. The van der Waals surface area contributed by atoms with Crippen LogP contribution in [0, 0.1) is 6.92 Å². The third-order valence-electron chi connectivity index (χ3n) is 6.49. The minimum atomic E-state index is -1.05. The van der Waals surface area contributed by atoms with E-state index in [2.05, 4.69) is 22.4 Å². The lowest BCUT2D eigenvalue weighted by atomic mass is 9.98. The van der Waals surface area contributed by atoms with E-state index in [9.17, 15) is 19.5 Å². The van der Waals surface area contributed by atoms with E-state index < -0.39 is 18.1 Å². The van der Waals surface area contributed by atoms with E-state index in [1.807, 2.05) is 36.4 Å². The summed E-state index contributed by atoms with van der Waals surface area (Å²) < 4.78 is 5.56. The van der Waals surface area contributed by atoms with E-state index in [0.717, 1.165) is 46.4 Å². The first-order valence-electron chi connectivity index (χ1n) is 11.5. The van der Waals surface area contributed by atoms with Crippen LogP contribution in [0.25, 0.3) is 11.1 Å². The molecular weight excluding hydrogens is 466 g/mol. The summed E-state index contributed by atoms with van der Waals surface area (Å²) in [6.07, 6.45) is 0.913. The molecule has 0 radical (unpaired) electrons. The Labute approximate surface area is 206 Å². The number of carboxylic acids is 1. The second kappa shape index (κ2) is 9.14. The molecule has 1 atom stereocenters. The van der Waals surface area contributed by atoms with Crippen molar-refractivity contribution in [1.29, 1.82) is 0 Å². The van der Waals surface area contributed by atoms with Gasteiger partial charge in [0, 0.05) is 12.0 Å². The Hall–Kier alpha value is -3.72. The number of thiazole rings is 1. The second-order valence-electron chi connectivity index (χ2n) is 8.84. The highest BCUT2D eigenvalue weighted by Gasteiger charge is 2.40. The zero-order valence-corrected chi connectivity index (χ0v) is 20.2. The standard InChI is InChI=1S/C26H25N3O5S/c1-14-22(23(30)29(16-11-12-16)15(2)24(31)32)35-25(27-14)28-26(33)34-13-21-19-9-5-3-7-17(19)18-8-4-6-10-20(18)21/h3-10,15-16,21H,11-13H2,1-2H3,(H,31,32)(H,27,28,33). The van der Waals surface area contributed by atoms with Crippen molar-refractivity contribution < 1.29 is 24.2 Å². The van der Waals surface area contributed by atoms with Gasteiger partial charge in [-0.2, -0.15) is 0 Å². The molecule has 3 aromatic rings. The zero-order chi connectivity index (χ0) is 24.7. The van der Waals surface area contributed by atoms with E-state index in [1.165, 1.54) is 11.8 Å². The molecule has 5 rings (SSSR count). The van der Waals surface area contributed by atoms with Crippen molar-refractivity contribution >= 4 is 34.4 Å². The molecule has 2 N–H and O–H groups in total. The summed E-state index contributed by atoms with van der Waals surface area (Å²) in [6, 6.07) is 15.2. The Balaban J connectivity index is 1.27. The lowest BCUT2D eigenvalue weighted by Crippen LogP contribution is -2.44. The van der Waals surface area contributed by atoms with Crippen LogP contribution in [-0.2, 0) is 9.53 Å². The molecule has 1 fully saturated rings. The average Bonchev–Trinajstić information content (AvgIpc) is 3.53. The van der Waals surface area contributed by atoms with Crippen LogP contribution >= 0.6 is 11.3 Å². The zero-order valence-electron chi connectivity index (χ0n) is 19.4. The average molecular weight is 492 g/mol. The third kappa shape index (κ3) is 4.39. The third-order valence-corrected chi connectivity index (χ3v) is 7.55. The van der Waals surface area contributed by atoms with Gasteiger partial charge in [-0.25, -0.2) is 14.6 Å². The Morgan fingerprint density at radius 3 is 2.29 bits per heavy atom. The highest BCUT2D eigenvalue weighted by Crippen LogP contribution is 2.44. The molecular formula is C26H25N3O5S. The fourth-order valence-corrected chi connectivity index (χ4v) is 5.51. The number of amides is 2. The maximum atomic E-state index is 13.1. The molecule has 1 heterocycles. The molecule has 1 aromatic heterocycles. The van der Waals surface area contributed by atoms with Crippen LogP contribution in [0.2, 0.25) is 0 Å². The van der Waals surface area contributed by atoms with Crippen LogP contribution < -0.4 is 5.32 Å². The number of aliphatic carboxylic acids is 1. The summed E-state index contributed by atoms with van der Waals surface area (Å²) >= 11 is 1.03. The van der Waals surface area contributed by atoms with Crippen LogP contribution in [0.5, 0.6) is 0 Å². The van der Waals surface area contributed by atoms with Gasteiger partial charge in [-0.15, -0.1) is 0 Å². The van der Waals surface area contributed by atoms with E-state index in [-0.39, 0.29) is 29.6 Å². The van der Waals surface area contributed by atoms with Crippen molar-refractivity contribution in [3.8, 4) is 11.1 Å². The van der Waals surface area contributed by atoms with E-state index in [4.69, 9.17) is 4.74 Å². The molecule has 9 heteroatoms. The Kier molecular flexibility index (Phi) is 6.02. The van der Waals surface area contributed by atoms with Gasteiger partial charge in [0.05, 0.1) is 5.69 Å². The molecule has 2 aliphatic rings. The molecule has 2 aliphatic carbocycles. The minimum Gasteiger partial charge on any atom is -0.480 e. The number of nitrogens with zero attached hydrogens (tertiary/aromatic N) is 2. The highest BCUT2D eigenvalue weighted by atomic mass is 32.1. The molecule has 1 unspecified atom stereocenters. The van der Waals surface area contributed by atoms with Crippen LogP contribution in [-0.4, -0.2) is 51.7 Å². The summed E-state index contributed by atoms with van der Waals surface area (Å²) in [4.78, 5) is 43.2. The van der Waals surface area contributed by atoms with Gasteiger partial charge < -0.3 is 14.7 Å². The number of aryl methyl sites for hydroxylation is 1. The molecule has 1 saturated carbocycles. The van der Waals surface area contributed by atoms with Crippen molar-refractivity contribution in [3.05, 3.63) is 70.2 Å². The van der Waals surface area contributed by atoms with Crippen LogP contribution in [0.4, 0.5) is 9.93 Å². The number of fused-ring (bicyclic) bond motifs is 3. The topological polar surface area (TPSA) is 109 Å². The SMILES string of the molecule is Cc1nc(NC(=O)OCC2c3ccccc3-c3ccccc32)sc1C(=O)N(C1CC1)C(C)C(=O)O. The van der Waals surface area contributed by atoms with E-state index in [1.54, 1.807) is 6.92 Å². The number of benzene rings is 2. The van der Waals surface area contributed by atoms with Gasteiger partial charge in [0.25, 0.3) is 5.91 Å². The first-order chi connectivity index (χ1) is 16.8. The number of hydrogen-bond donors (Lipinski definition) is 2. The number of aromatic nitrogens is 1. The van der Waals surface area contributed by atoms with Crippen LogP contribution in [0.1, 0.15) is 52.2 Å². The predicted molar refractivity (Wildman–Crippen MR) is 132 cm³/mol. The number of carbonyl (C=O) groups excluding carboxylic acids is 2. The number of rotatable bonds is 7. The quantitative estimate of drug-likeness (QED) is 0.487. The molecule has 35 heavy (non-hydrogen) atoms. The van der Waals surface area contributed by atoms with Crippen molar-refractivity contribution in [2.75, 3.05) is 11.9 Å². The minimum absolute atomic E-state index is 0.0621.